The molecule has 5 heteroatoms. The Morgan fingerprint density at radius 1 is 1.24 bits per heavy atom. The lowest BCUT2D eigenvalue weighted by Gasteiger charge is -2.25. The van der Waals surface area contributed by atoms with Gasteiger partial charge >= 0.3 is 0 Å². The van der Waals surface area contributed by atoms with Gasteiger partial charge in [0.05, 0.1) is 14.2 Å². The first-order valence-corrected chi connectivity index (χ1v) is 5.49. The second kappa shape index (κ2) is 5.05. The highest BCUT2D eigenvalue weighted by Crippen LogP contribution is 2.30. The summed E-state index contributed by atoms with van der Waals surface area (Å²) in [7, 11) is 3.19. The van der Waals surface area contributed by atoms with E-state index in [-0.39, 0.29) is 11.9 Å². The predicted octanol–water partition coefficient (Wildman–Crippen LogP) is 0.464. The molecular formula is C12H16N2O3. The minimum Gasteiger partial charge on any atom is -0.497 e. The summed E-state index contributed by atoms with van der Waals surface area (Å²) in [6.45, 7) is 1.40. The maximum atomic E-state index is 11.8. The number of ether oxygens (including phenoxy) is 2. The van der Waals surface area contributed by atoms with Gasteiger partial charge in [-0.15, -0.1) is 0 Å². The standard InChI is InChI=1S/C12H16N2O3/c1-16-8-3-4-10(17-2)9(7-8)11-12(15)14-6-5-13-11/h3-4,7,11,13H,5-6H2,1-2H3,(H,14,15)/t11-/m0/s1. The van der Waals surface area contributed by atoms with E-state index in [9.17, 15) is 4.79 Å². The lowest BCUT2D eigenvalue weighted by atomic mass is 10.0. The van der Waals surface area contributed by atoms with Gasteiger partial charge < -0.3 is 20.1 Å². The lowest BCUT2D eigenvalue weighted by molar-refractivity contribution is -0.124. The Morgan fingerprint density at radius 3 is 2.71 bits per heavy atom. The molecule has 0 saturated carbocycles. The minimum absolute atomic E-state index is 0.0391. The maximum Gasteiger partial charge on any atom is 0.241 e. The van der Waals surface area contributed by atoms with Gasteiger partial charge in [0.15, 0.2) is 0 Å². The van der Waals surface area contributed by atoms with E-state index in [2.05, 4.69) is 10.6 Å². The summed E-state index contributed by atoms with van der Waals surface area (Å²) in [5.74, 6) is 1.35. The van der Waals surface area contributed by atoms with E-state index in [1.165, 1.54) is 0 Å². The first kappa shape index (κ1) is 11.7. The molecule has 1 aromatic carbocycles. The number of benzene rings is 1. The Bertz CT molecular complexity index is 420. The number of carbonyl (C=O) groups is 1. The minimum atomic E-state index is -0.381. The highest BCUT2D eigenvalue weighted by atomic mass is 16.5. The van der Waals surface area contributed by atoms with Crippen molar-refractivity contribution < 1.29 is 14.3 Å². The number of carbonyl (C=O) groups excluding carboxylic acids is 1. The smallest absolute Gasteiger partial charge is 0.241 e. The Morgan fingerprint density at radius 2 is 2.06 bits per heavy atom. The van der Waals surface area contributed by atoms with E-state index in [0.717, 1.165) is 12.1 Å². The molecule has 0 radical (unpaired) electrons. The summed E-state index contributed by atoms with van der Waals surface area (Å²) in [5.41, 5.74) is 0.795. The summed E-state index contributed by atoms with van der Waals surface area (Å²) < 4.78 is 10.4. The second-order valence-corrected chi connectivity index (χ2v) is 3.79. The van der Waals surface area contributed by atoms with Crippen LogP contribution < -0.4 is 20.1 Å². The van der Waals surface area contributed by atoms with Crippen LogP contribution in [0.15, 0.2) is 18.2 Å². The lowest BCUT2D eigenvalue weighted by Crippen LogP contribution is -2.47. The molecule has 1 heterocycles. The van der Waals surface area contributed by atoms with Gasteiger partial charge in [0, 0.05) is 18.7 Å². The molecule has 1 aromatic rings. The average Bonchev–Trinajstić information content (AvgIpc) is 2.38. The van der Waals surface area contributed by atoms with Crippen molar-refractivity contribution in [2.75, 3.05) is 27.3 Å². The van der Waals surface area contributed by atoms with Gasteiger partial charge in [-0.1, -0.05) is 0 Å². The molecule has 1 aliphatic rings. The van der Waals surface area contributed by atoms with Crippen LogP contribution in [0.2, 0.25) is 0 Å². The zero-order valence-electron chi connectivity index (χ0n) is 9.95. The van der Waals surface area contributed by atoms with Gasteiger partial charge in [-0.25, -0.2) is 0 Å². The van der Waals surface area contributed by atoms with Gasteiger partial charge in [0.2, 0.25) is 5.91 Å². The van der Waals surface area contributed by atoms with E-state index in [4.69, 9.17) is 9.47 Å². The summed E-state index contributed by atoms with van der Waals surface area (Å²) in [5, 5.41) is 5.99. The number of methoxy groups -OCH3 is 2. The Labute approximate surface area is 100 Å². The van der Waals surface area contributed by atoms with Crippen LogP contribution >= 0.6 is 0 Å². The third-order valence-electron chi connectivity index (χ3n) is 2.78. The molecule has 92 valence electrons. The van der Waals surface area contributed by atoms with Crippen molar-refractivity contribution in [3.8, 4) is 11.5 Å². The van der Waals surface area contributed by atoms with Crippen LogP contribution in [0.25, 0.3) is 0 Å². The van der Waals surface area contributed by atoms with Crippen LogP contribution in [0.1, 0.15) is 11.6 Å². The number of nitrogens with one attached hydrogen (secondary N) is 2. The summed E-state index contributed by atoms with van der Waals surface area (Å²) >= 11 is 0. The van der Waals surface area contributed by atoms with Gasteiger partial charge in [0.1, 0.15) is 17.5 Å². The number of hydrogen-bond donors (Lipinski definition) is 2. The van der Waals surface area contributed by atoms with Crippen LogP contribution in [0.3, 0.4) is 0 Å². The van der Waals surface area contributed by atoms with E-state index < -0.39 is 0 Å². The molecule has 2 rings (SSSR count). The summed E-state index contributed by atoms with van der Waals surface area (Å²) in [6.07, 6.45) is 0. The van der Waals surface area contributed by atoms with E-state index in [1.807, 2.05) is 12.1 Å². The van der Waals surface area contributed by atoms with Gasteiger partial charge in [-0.2, -0.15) is 0 Å². The van der Waals surface area contributed by atoms with Gasteiger partial charge in [0.25, 0.3) is 0 Å². The zero-order chi connectivity index (χ0) is 12.3. The fourth-order valence-corrected chi connectivity index (χ4v) is 1.91. The second-order valence-electron chi connectivity index (χ2n) is 3.79. The van der Waals surface area contributed by atoms with Crippen LogP contribution in [0, 0.1) is 0 Å². The van der Waals surface area contributed by atoms with Gasteiger partial charge in [-0.05, 0) is 18.2 Å². The van der Waals surface area contributed by atoms with Crippen LogP contribution in [-0.2, 0) is 4.79 Å². The Kier molecular flexibility index (Phi) is 3.49. The van der Waals surface area contributed by atoms with Crippen LogP contribution in [0.4, 0.5) is 0 Å². The molecule has 1 fully saturated rings. The molecule has 0 bridgehead atoms. The summed E-state index contributed by atoms with van der Waals surface area (Å²) in [4.78, 5) is 11.8. The SMILES string of the molecule is COc1ccc(OC)c([C@@H]2NCCNC2=O)c1. The molecule has 1 aliphatic heterocycles. The largest absolute Gasteiger partial charge is 0.497 e. The molecular weight excluding hydrogens is 220 g/mol. The van der Waals surface area contributed by atoms with Crippen molar-refractivity contribution in [2.24, 2.45) is 0 Å². The molecule has 1 amide bonds. The predicted molar refractivity (Wildman–Crippen MR) is 63.3 cm³/mol. The normalized spacial score (nSPS) is 19.6. The monoisotopic (exact) mass is 236 g/mol. The van der Waals surface area contributed by atoms with Crippen LogP contribution in [0.5, 0.6) is 11.5 Å². The number of piperazine rings is 1. The quantitative estimate of drug-likeness (QED) is 0.800. The highest BCUT2D eigenvalue weighted by Gasteiger charge is 2.26. The van der Waals surface area contributed by atoms with Crippen LogP contribution in [-0.4, -0.2) is 33.2 Å². The van der Waals surface area contributed by atoms with Crippen molar-refractivity contribution in [3.63, 3.8) is 0 Å². The fraction of sp³-hybridized carbons (Fsp3) is 0.417. The van der Waals surface area contributed by atoms with Crippen molar-refractivity contribution >= 4 is 5.91 Å². The third kappa shape index (κ3) is 2.34. The molecule has 0 spiro atoms. The van der Waals surface area contributed by atoms with Crippen molar-refractivity contribution in [3.05, 3.63) is 23.8 Å². The Balaban J connectivity index is 2.37. The first-order chi connectivity index (χ1) is 8.26. The molecule has 2 N–H and O–H groups in total. The average molecular weight is 236 g/mol. The van der Waals surface area contributed by atoms with E-state index in [1.54, 1.807) is 20.3 Å². The Hall–Kier alpha value is -1.75. The molecule has 0 aliphatic carbocycles. The van der Waals surface area contributed by atoms with Crippen molar-refractivity contribution in [2.45, 2.75) is 6.04 Å². The molecule has 17 heavy (non-hydrogen) atoms. The highest BCUT2D eigenvalue weighted by molar-refractivity contribution is 5.84. The van der Waals surface area contributed by atoms with Gasteiger partial charge in [-0.3, -0.25) is 4.79 Å². The molecule has 0 unspecified atom stereocenters. The van der Waals surface area contributed by atoms with Crippen molar-refractivity contribution in [1.82, 2.24) is 10.6 Å². The molecule has 1 saturated heterocycles. The van der Waals surface area contributed by atoms with E-state index >= 15 is 0 Å². The molecule has 1 atom stereocenters. The molecule has 5 nitrogen and oxygen atoms in total. The maximum absolute atomic E-state index is 11.8. The summed E-state index contributed by atoms with van der Waals surface area (Å²) in [6, 6.07) is 5.05. The zero-order valence-corrected chi connectivity index (χ0v) is 9.95. The topological polar surface area (TPSA) is 59.6 Å². The molecule has 0 aromatic heterocycles. The first-order valence-electron chi connectivity index (χ1n) is 5.49. The number of rotatable bonds is 3. The number of hydrogen-bond acceptors (Lipinski definition) is 4. The number of amides is 1. The van der Waals surface area contributed by atoms with E-state index in [0.29, 0.717) is 18.0 Å². The fourth-order valence-electron chi connectivity index (χ4n) is 1.91. The van der Waals surface area contributed by atoms with Crippen molar-refractivity contribution in [1.29, 1.82) is 0 Å². The third-order valence-corrected chi connectivity index (χ3v) is 2.78.